The summed E-state index contributed by atoms with van der Waals surface area (Å²) in [5.74, 6) is 2.75. The lowest BCUT2D eigenvalue weighted by Gasteiger charge is -2.14. The summed E-state index contributed by atoms with van der Waals surface area (Å²) >= 11 is 0. The summed E-state index contributed by atoms with van der Waals surface area (Å²) in [6, 6.07) is 10.5. The normalized spacial score (nSPS) is 10.4. The van der Waals surface area contributed by atoms with E-state index in [4.69, 9.17) is 0 Å². The molecule has 1 heterocycles. The second-order valence-corrected chi connectivity index (χ2v) is 5.01. The van der Waals surface area contributed by atoms with E-state index in [2.05, 4.69) is 65.6 Å². The van der Waals surface area contributed by atoms with Gasteiger partial charge in [0.25, 0.3) is 0 Å². The van der Waals surface area contributed by atoms with Gasteiger partial charge < -0.3 is 10.6 Å². The van der Waals surface area contributed by atoms with E-state index in [0.717, 1.165) is 49.0 Å². The fraction of sp³-hybridized carbons (Fsp3) is 0.412. The number of benzene rings is 1. The van der Waals surface area contributed by atoms with Gasteiger partial charge in [0.05, 0.1) is 0 Å². The van der Waals surface area contributed by atoms with Crippen molar-refractivity contribution in [3.05, 3.63) is 47.3 Å². The molecule has 0 aliphatic rings. The van der Waals surface area contributed by atoms with Crippen LogP contribution in [0.2, 0.25) is 0 Å². The summed E-state index contributed by atoms with van der Waals surface area (Å²) in [4.78, 5) is 9.15. The van der Waals surface area contributed by atoms with E-state index in [1.165, 1.54) is 5.56 Å². The molecule has 0 atom stereocenters. The number of hydrogen-bond donors (Lipinski definition) is 2. The first-order chi connectivity index (χ1) is 10.2. The minimum absolute atomic E-state index is 0.839. The third kappa shape index (κ3) is 4.18. The van der Waals surface area contributed by atoms with Gasteiger partial charge in [0.2, 0.25) is 0 Å². The Morgan fingerprint density at radius 1 is 0.952 bits per heavy atom. The molecule has 0 saturated carbocycles. The van der Waals surface area contributed by atoms with Crippen molar-refractivity contribution in [2.75, 3.05) is 23.7 Å². The molecule has 1 aromatic heterocycles. The van der Waals surface area contributed by atoms with Gasteiger partial charge in [0.15, 0.2) is 0 Å². The lowest BCUT2D eigenvalue weighted by Crippen LogP contribution is -2.12. The molecule has 4 nitrogen and oxygen atoms in total. The Kier molecular flexibility index (Phi) is 5.55. The van der Waals surface area contributed by atoms with Gasteiger partial charge in [-0.1, -0.05) is 37.3 Å². The summed E-state index contributed by atoms with van der Waals surface area (Å²) < 4.78 is 0. The van der Waals surface area contributed by atoms with Crippen LogP contribution in [-0.2, 0) is 12.8 Å². The van der Waals surface area contributed by atoms with E-state index in [1.54, 1.807) is 0 Å². The van der Waals surface area contributed by atoms with Gasteiger partial charge in [-0.15, -0.1) is 0 Å². The predicted molar refractivity (Wildman–Crippen MR) is 88.9 cm³/mol. The fourth-order valence-corrected chi connectivity index (χ4v) is 2.20. The molecule has 0 unspecified atom stereocenters. The summed E-state index contributed by atoms with van der Waals surface area (Å²) in [6.45, 7) is 7.95. The van der Waals surface area contributed by atoms with Gasteiger partial charge in [-0.05, 0) is 25.8 Å². The summed E-state index contributed by atoms with van der Waals surface area (Å²) in [6.07, 6.45) is 1.83. The van der Waals surface area contributed by atoms with Crippen LogP contribution in [-0.4, -0.2) is 23.1 Å². The van der Waals surface area contributed by atoms with Gasteiger partial charge in [-0.3, -0.25) is 0 Å². The zero-order valence-corrected chi connectivity index (χ0v) is 13.1. The first kappa shape index (κ1) is 15.3. The molecule has 4 heteroatoms. The largest absolute Gasteiger partial charge is 0.370 e. The summed E-state index contributed by atoms with van der Waals surface area (Å²) in [7, 11) is 0. The van der Waals surface area contributed by atoms with Gasteiger partial charge in [-0.25, -0.2) is 9.97 Å². The number of hydrogen-bond acceptors (Lipinski definition) is 4. The minimum Gasteiger partial charge on any atom is -0.370 e. The number of nitrogens with one attached hydrogen (secondary N) is 2. The third-order valence-corrected chi connectivity index (χ3v) is 3.40. The highest BCUT2D eigenvalue weighted by atomic mass is 15.1. The topological polar surface area (TPSA) is 49.8 Å². The lowest BCUT2D eigenvalue weighted by molar-refractivity contribution is 0.912. The van der Waals surface area contributed by atoms with Crippen LogP contribution in [0.3, 0.4) is 0 Å². The van der Waals surface area contributed by atoms with Crippen LogP contribution in [0.15, 0.2) is 30.3 Å². The molecule has 2 N–H and O–H groups in total. The SMILES string of the molecule is CCNc1nc(CC)nc(NCCc2ccccc2)c1C. The van der Waals surface area contributed by atoms with E-state index in [0.29, 0.717) is 0 Å². The Hall–Kier alpha value is -2.10. The molecule has 0 saturated heterocycles. The van der Waals surface area contributed by atoms with Gasteiger partial charge in [0.1, 0.15) is 17.5 Å². The zero-order valence-electron chi connectivity index (χ0n) is 13.1. The standard InChI is InChI=1S/C17H24N4/c1-4-15-20-16(18-5-2)13(3)17(21-15)19-12-11-14-9-7-6-8-10-14/h6-10H,4-5,11-12H2,1-3H3,(H2,18,19,20,21). The lowest BCUT2D eigenvalue weighted by atomic mass is 10.1. The molecular formula is C17H24N4. The van der Waals surface area contributed by atoms with Crippen molar-refractivity contribution in [2.45, 2.75) is 33.6 Å². The molecule has 0 fully saturated rings. The van der Waals surface area contributed by atoms with Crippen molar-refractivity contribution in [1.29, 1.82) is 0 Å². The molecule has 0 spiro atoms. The van der Waals surface area contributed by atoms with Crippen LogP contribution >= 0.6 is 0 Å². The number of anilines is 2. The number of aromatic nitrogens is 2. The third-order valence-electron chi connectivity index (χ3n) is 3.40. The first-order valence-electron chi connectivity index (χ1n) is 7.63. The van der Waals surface area contributed by atoms with E-state index < -0.39 is 0 Å². The fourth-order valence-electron chi connectivity index (χ4n) is 2.20. The number of rotatable bonds is 7. The average Bonchev–Trinajstić information content (AvgIpc) is 2.52. The van der Waals surface area contributed by atoms with E-state index in [9.17, 15) is 0 Å². The van der Waals surface area contributed by atoms with E-state index in [-0.39, 0.29) is 0 Å². The summed E-state index contributed by atoms with van der Waals surface area (Å²) in [5.41, 5.74) is 2.42. The van der Waals surface area contributed by atoms with E-state index in [1.807, 2.05) is 6.07 Å². The van der Waals surface area contributed by atoms with Gasteiger partial charge in [-0.2, -0.15) is 0 Å². The van der Waals surface area contributed by atoms with Crippen LogP contribution in [0.4, 0.5) is 11.6 Å². The number of aryl methyl sites for hydroxylation is 1. The molecule has 0 aliphatic carbocycles. The molecule has 0 aliphatic heterocycles. The Labute approximate surface area is 127 Å². The predicted octanol–water partition coefficient (Wildman–Crippen LogP) is 3.43. The second kappa shape index (κ2) is 7.62. The van der Waals surface area contributed by atoms with Gasteiger partial charge >= 0.3 is 0 Å². The highest BCUT2D eigenvalue weighted by Crippen LogP contribution is 2.20. The highest BCUT2D eigenvalue weighted by molar-refractivity contribution is 5.57. The quantitative estimate of drug-likeness (QED) is 0.818. The van der Waals surface area contributed by atoms with Crippen LogP contribution in [0.25, 0.3) is 0 Å². The van der Waals surface area contributed by atoms with Crippen molar-refractivity contribution in [1.82, 2.24) is 9.97 Å². The molecule has 0 amide bonds. The zero-order chi connectivity index (χ0) is 15.1. The molecule has 2 aromatic rings. The van der Waals surface area contributed by atoms with Crippen molar-refractivity contribution in [3.63, 3.8) is 0 Å². The molecule has 2 rings (SSSR count). The van der Waals surface area contributed by atoms with Crippen LogP contribution < -0.4 is 10.6 Å². The molecule has 112 valence electrons. The molecular weight excluding hydrogens is 260 g/mol. The smallest absolute Gasteiger partial charge is 0.134 e. The summed E-state index contributed by atoms with van der Waals surface area (Å²) in [5, 5.41) is 6.75. The Morgan fingerprint density at radius 2 is 1.62 bits per heavy atom. The highest BCUT2D eigenvalue weighted by Gasteiger charge is 2.09. The maximum atomic E-state index is 4.60. The maximum Gasteiger partial charge on any atom is 0.134 e. The molecule has 21 heavy (non-hydrogen) atoms. The van der Waals surface area contributed by atoms with Gasteiger partial charge in [0, 0.05) is 25.1 Å². The molecule has 0 radical (unpaired) electrons. The second-order valence-electron chi connectivity index (χ2n) is 5.01. The van der Waals surface area contributed by atoms with Crippen molar-refractivity contribution >= 4 is 11.6 Å². The van der Waals surface area contributed by atoms with Crippen molar-refractivity contribution < 1.29 is 0 Å². The van der Waals surface area contributed by atoms with Crippen molar-refractivity contribution in [3.8, 4) is 0 Å². The first-order valence-corrected chi connectivity index (χ1v) is 7.63. The minimum atomic E-state index is 0.839. The Morgan fingerprint density at radius 3 is 2.24 bits per heavy atom. The average molecular weight is 284 g/mol. The Bertz CT molecular complexity index is 567. The monoisotopic (exact) mass is 284 g/mol. The number of nitrogens with zero attached hydrogens (tertiary/aromatic N) is 2. The van der Waals surface area contributed by atoms with Crippen molar-refractivity contribution in [2.24, 2.45) is 0 Å². The van der Waals surface area contributed by atoms with Crippen LogP contribution in [0.1, 0.15) is 30.8 Å². The molecule has 1 aromatic carbocycles. The molecule has 0 bridgehead atoms. The van der Waals surface area contributed by atoms with Crippen LogP contribution in [0.5, 0.6) is 0 Å². The Balaban J connectivity index is 2.06. The maximum absolute atomic E-state index is 4.60. The van der Waals surface area contributed by atoms with Crippen LogP contribution in [0, 0.1) is 6.92 Å². The van der Waals surface area contributed by atoms with E-state index >= 15 is 0 Å².